The van der Waals surface area contributed by atoms with Gasteiger partial charge in [0.25, 0.3) is 5.91 Å². The number of likely N-dealkylation sites (tertiary alicyclic amines) is 1. The number of carbonyl (C=O) groups excluding carboxylic acids is 1. The number of aryl methyl sites for hydroxylation is 1. The lowest BCUT2D eigenvalue weighted by Gasteiger charge is -2.42. The number of carbonyl (C=O) groups is 1. The fraction of sp³-hybridized carbons (Fsp3) is 0.286. The third kappa shape index (κ3) is 3.64. The lowest BCUT2D eigenvalue weighted by Crippen LogP contribution is -2.52. The Morgan fingerprint density at radius 3 is 2.69 bits per heavy atom. The molecule has 1 saturated heterocycles. The van der Waals surface area contributed by atoms with Crippen molar-refractivity contribution in [2.45, 2.75) is 25.4 Å². The van der Waals surface area contributed by atoms with Crippen molar-refractivity contribution in [3.05, 3.63) is 64.5 Å². The second-order valence-electron chi connectivity index (χ2n) is 7.25. The van der Waals surface area contributed by atoms with Gasteiger partial charge in [-0.2, -0.15) is 5.26 Å². The van der Waals surface area contributed by atoms with E-state index in [4.69, 9.17) is 11.0 Å². The molecular weight excluding hydrogens is 393 g/mol. The average Bonchev–Trinajstić information content (AvgIpc) is 2.67. The van der Waals surface area contributed by atoms with Crippen LogP contribution in [0.15, 0.2) is 41.4 Å². The van der Waals surface area contributed by atoms with Gasteiger partial charge in [0.15, 0.2) is 0 Å². The predicted octanol–water partition coefficient (Wildman–Crippen LogP) is 3.19. The van der Waals surface area contributed by atoms with Gasteiger partial charge in [-0.15, -0.1) is 12.4 Å². The molecule has 0 aliphatic carbocycles. The number of benzene rings is 2. The number of amides is 1. The highest BCUT2D eigenvalue weighted by atomic mass is 35.5. The van der Waals surface area contributed by atoms with E-state index in [1.54, 1.807) is 35.2 Å². The maximum absolute atomic E-state index is 14.0. The first-order valence-electron chi connectivity index (χ1n) is 9.15. The number of rotatable bonds is 1. The summed E-state index contributed by atoms with van der Waals surface area (Å²) in [5.41, 5.74) is 8.28. The van der Waals surface area contributed by atoms with Gasteiger partial charge < -0.3 is 16.0 Å². The Kier molecular flexibility index (Phi) is 5.49. The largest absolute Gasteiger partial charge is 0.383 e. The highest BCUT2D eigenvalue weighted by Gasteiger charge is 2.39. The van der Waals surface area contributed by atoms with Crippen molar-refractivity contribution in [2.24, 2.45) is 10.7 Å². The molecule has 29 heavy (non-hydrogen) atoms. The standard InChI is InChI=1S/C21H20FN5O.ClH/c1-13-11-14(5-6-15(13)12-23)20(28)27-9-7-21(8-10-27)25-17-4-2-3-16(22)18(17)19(24)26-21;/h2-6,11,25H,7-10H2,1H3,(H2,24,26);1H. The molecule has 0 atom stereocenters. The first kappa shape index (κ1) is 20.6. The van der Waals surface area contributed by atoms with E-state index in [2.05, 4.69) is 16.4 Å². The minimum Gasteiger partial charge on any atom is -0.383 e. The second kappa shape index (κ2) is 7.72. The summed E-state index contributed by atoms with van der Waals surface area (Å²) in [6.07, 6.45) is 1.15. The summed E-state index contributed by atoms with van der Waals surface area (Å²) in [7, 11) is 0. The quantitative estimate of drug-likeness (QED) is 0.750. The van der Waals surface area contributed by atoms with Crippen molar-refractivity contribution in [1.29, 1.82) is 5.26 Å². The molecule has 150 valence electrons. The second-order valence-corrected chi connectivity index (χ2v) is 7.25. The van der Waals surface area contributed by atoms with Gasteiger partial charge >= 0.3 is 0 Å². The summed E-state index contributed by atoms with van der Waals surface area (Å²) < 4.78 is 14.0. The summed E-state index contributed by atoms with van der Waals surface area (Å²) >= 11 is 0. The highest BCUT2D eigenvalue weighted by Crippen LogP contribution is 2.35. The van der Waals surface area contributed by atoms with E-state index in [1.165, 1.54) is 6.07 Å². The molecule has 0 radical (unpaired) electrons. The zero-order valence-electron chi connectivity index (χ0n) is 15.9. The maximum Gasteiger partial charge on any atom is 0.253 e. The number of piperidine rings is 1. The number of nitriles is 1. The number of hydrogen-bond donors (Lipinski definition) is 2. The summed E-state index contributed by atoms with van der Waals surface area (Å²) in [4.78, 5) is 19.2. The van der Waals surface area contributed by atoms with Crippen molar-refractivity contribution in [3.63, 3.8) is 0 Å². The van der Waals surface area contributed by atoms with Gasteiger partial charge in [-0.3, -0.25) is 4.79 Å². The van der Waals surface area contributed by atoms with Crippen LogP contribution in [-0.2, 0) is 0 Å². The minimum absolute atomic E-state index is 0. The molecule has 2 heterocycles. The normalized spacial score (nSPS) is 16.7. The molecule has 0 aromatic heterocycles. The molecule has 0 saturated carbocycles. The van der Waals surface area contributed by atoms with Crippen LogP contribution < -0.4 is 11.1 Å². The fourth-order valence-corrected chi connectivity index (χ4v) is 3.87. The third-order valence-corrected chi connectivity index (χ3v) is 5.44. The van der Waals surface area contributed by atoms with Crippen LogP contribution in [0, 0.1) is 24.1 Å². The first-order valence-corrected chi connectivity index (χ1v) is 9.15. The van der Waals surface area contributed by atoms with E-state index in [9.17, 15) is 9.18 Å². The van der Waals surface area contributed by atoms with Crippen molar-refractivity contribution < 1.29 is 9.18 Å². The SMILES string of the molecule is Cc1cc(C(=O)N2CCC3(CC2)N=C(N)c2c(F)cccc2N3)ccc1C#N.Cl. The van der Waals surface area contributed by atoms with Crippen LogP contribution in [0.4, 0.5) is 10.1 Å². The summed E-state index contributed by atoms with van der Waals surface area (Å²) in [5.74, 6) is -0.277. The predicted molar refractivity (Wildman–Crippen MR) is 112 cm³/mol. The maximum atomic E-state index is 14.0. The summed E-state index contributed by atoms with van der Waals surface area (Å²) in [6, 6.07) is 12.0. The van der Waals surface area contributed by atoms with Crippen LogP contribution in [-0.4, -0.2) is 35.4 Å². The molecular formula is C21H21ClFN5O. The number of nitrogens with zero attached hydrogens (tertiary/aromatic N) is 3. The minimum atomic E-state index is -0.623. The van der Waals surface area contributed by atoms with Gasteiger partial charge in [0.2, 0.25) is 0 Å². The zero-order chi connectivity index (χ0) is 19.9. The van der Waals surface area contributed by atoms with Crippen molar-refractivity contribution in [3.8, 4) is 6.07 Å². The van der Waals surface area contributed by atoms with Crippen LogP contribution in [0.2, 0.25) is 0 Å². The number of anilines is 1. The Bertz CT molecular complexity index is 1040. The van der Waals surface area contributed by atoms with Crippen molar-refractivity contribution in [1.82, 2.24) is 4.90 Å². The van der Waals surface area contributed by atoms with E-state index in [1.807, 2.05) is 6.92 Å². The number of nitrogens with one attached hydrogen (secondary N) is 1. The molecule has 1 amide bonds. The topological polar surface area (TPSA) is 94.5 Å². The van der Waals surface area contributed by atoms with Gasteiger partial charge in [-0.25, -0.2) is 9.38 Å². The average molecular weight is 414 g/mol. The van der Waals surface area contributed by atoms with Crippen molar-refractivity contribution >= 4 is 29.8 Å². The molecule has 0 bridgehead atoms. The van der Waals surface area contributed by atoms with Crippen LogP contribution >= 0.6 is 12.4 Å². The first-order chi connectivity index (χ1) is 13.4. The van der Waals surface area contributed by atoms with Gasteiger partial charge in [0.1, 0.15) is 17.3 Å². The van der Waals surface area contributed by atoms with Gasteiger partial charge in [-0.05, 0) is 42.8 Å². The smallest absolute Gasteiger partial charge is 0.253 e. The van der Waals surface area contributed by atoms with E-state index >= 15 is 0 Å². The third-order valence-electron chi connectivity index (χ3n) is 5.44. The monoisotopic (exact) mass is 413 g/mol. The zero-order valence-corrected chi connectivity index (χ0v) is 16.7. The number of aliphatic imine (C=N–C) groups is 1. The lowest BCUT2D eigenvalue weighted by molar-refractivity contribution is 0.0685. The van der Waals surface area contributed by atoms with Crippen LogP contribution in [0.25, 0.3) is 0 Å². The number of nitrogens with two attached hydrogens (primary N) is 1. The van der Waals surface area contributed by atoms with E-state index < -0.39 is 11.5 Å². The fourth-order valence-electron chi connectivity index (χ4n) is 3.87. The van der Waals surface area contributed by atoms with Crippen molar-refractivity contribution in [2.75, 3.05) is 18.4 Å². The van der Waals surface area contributed by atoms with E-state index in [-0.39, 0.29) is 24.1 Å². The van der Waals surface area contributed by atoms with Gasteiger partial charge in [-0.1, -0.05) is 6.07 Å². The molecule has 2 aromatic rings. The molecule has 4 rings (SSSR count). The van der Waals surface area contributed by atoms with Crippen LogP contribution in [0.5, 0.6) is 0 Å². The van der Waals surface area contributed by atoms with Crippen LogP contribution in [0.3, 0.4) is 0 Å². The Balaban J connectivity index is 0.00000240. The Labute approximate surface area is 174 Å². The highest BCUT2D eigenvalue weighted by molar-refractivity contribution is 6.04. The summed E-state index contributed by atoms with van der Waals surface area (Å²) in [5, 5.41) is 12.4. The van der Waals surface area contributed by atoms with E-state index in [0.29, 0.717) is 48.3 Å². The number of hydrogen-bond acceptors (Lipinski definition) is 5. The molecule has 3 N–H and O–H groups in total. The molecule has 1 fully saturated rings. The molecule has 8 heteroatoms. The Hall–Kier alpha value is -3.11. The molecule has 0 unspecified atom stereocenters. The van der Waals surface area contributed by atoms with Crippen LogP contribution in [0.1, 0.15) is 39.9 Å². The van der Waals surface area contributed by atoms with Gasteiger partial charge in [0, 0.05) is 37.2 Å². The molecule has 6 nitrogen and oxygen atoms in total. The summed E-state index contributed by atoms with van der Waals surface area (Å²) in [6.45, 7) is 2.83. The number of amidine groups is 1. The molecule has 1 spiro atoms. The molecule has 2 aromatic carbocycles. The Morgan fingerprint density at radius 1 is 1.31 bits per heavy atom. The molecule has 2 aliphatic rings. The lowest BCUT2D eigenvalue weighted by atomic mass is 9.93. The number of halogens is 2. The number of fused-ring (bicyclic) bond motifs is 1. The Morgan fingerprint density at radius 2 is 2.03 bits per heavy atom. The van der Waals surface area contributed by atoms with E-state index in [0.717, 1.165) is 5.56 Å². The van der Waals surface area contributed by atoms with Gasteiger partial charge in [0.05, 0.1) is 17.2 Å². The molecule has 2 aliphatic heterocycles.